The van der Waals surface area contributed by atoms with Gasteiger partial charge in [0.1, 0.15) is 5.75 Å². The van der Waals surface area contributed by atoms with Crippen LogP contribution in [0.5, 0.6) is 5.75 Å². The fraction of sp³-hybridized carbons (Fsp3) is 0.321. The molecule has 174 valence electrons. The number of para-hydroxylation sites is 1. The Morgan fingerprint density at radius 3 is 2.33 bits per heavy atom. The van der Waals surface area contributed by atoms with Gasteiger partial charge >= 0.3 is 5.97 Å². The number of benzene rings is 3. The molecule has 0 aliphatic rings. The van der Waals surface area contributed by atoms with Gasteiger partial charge in [-0.3, -0.25) is 4.79 Å². The van der Waals surface area contributed by atoms with Gasteiger partial charge in [-0.05, 0) is 47.6 Å². The van der Waals surface area contributed by atoms with Gasteiger partial charge in [-0.25, -0.2) is 0 Å². The molecule has 0 saturated carbocycles. The number of aryl methyl sites for hydroxylation is 2. The smallest absolute Gasteiger partial charge is 0.303 e. The predicted octanol–water partition coefficient (Wildman–Crippen LogP) is 4.74. The summed E-state index contributed by atoms with van der Waals surface area (Å²) in [4.78, 5) is 10.8. The van der Waals surface area contributed by atoms with Crippen molar-refractivity contribution < 1.29 is 24.9 Å². The Labute approximate surface area is 195 Å². The van der Waals surface area contributed by atoms with Gasteiger partial charge in [0.15, 0.2) is 0 Å². The van der Waals surface area contributed by atoms with Gasteiger partial charge in [0.25, 0.3) is 0 Å². The summed E-state index contributed by atoms with van der Waals surface area (Å²) >= 11 is 0. The summed E-state index contributed by atoms with van der Waals surface area (Å²) in [5, 5.41) is 29.9. The minimum absolute atomic E-state index is 0.0576. The van der Waals surface area contributed by atoms with Crippen molar-refractivity contribution in [1.82, 2.24) is 0 Å². The molecule has 0 aliphatic carbocycles. The summed E-state index contributed by atoms with van der Waals surface area (Å²) in [6, 6.07) is 25.2. The highest BCUT2D eigenvalue weighted by atomic mass is 16.5. The topological polar surface area (TPSA) is 87.0 Å². The number of rotatable bonds is 13. The van der Waals surface area contributed by atoms with Crippen molar-refractivity contribution in [3.8, 4) is 5.75 Å². The van der Waals surface area contributed by atoms with E-state index in [1.54, 1.807) is 0 Å². The monoisotopic (exact) mass is 448 g/mol. The van der Waals surface area contributed by atoms with E-state index < -0.39 is 18.2 Å². The maximum absolute atomic E-state index is 10.8. The predicted molar refractivity (Wildman–Crippen MR) is 128 cm³/mol. The molecule has 2 atom stereocenters. The van der Waals surface area contributed by atoms with Crippen LogP contribution in [0.4, 0.5) is 0 Å². The van der Waals surface area contributed by atoms with Crippen LogP contribution in [0.1, 0.15) is 47.6 Å². The molecule has 0 bridgehead atoms. The second-order valence-corrected chi connectivity index (χ2v) is 8.28. The largest absolute Gasteiger partial charge is 0.493 e. The lowest BCUT2D eigenvalue weighted by Crippen LogP contribution is -2.13. The number of aliphatic hydroxyl groups excluding tert-OH is 2. The van der Waals surface area contributed by atoms with E-state index in [0.717, 1.165) is 22.3 Å². The standard InChI is InChI=1S/C28H32O5/c29-25(17-18-33-27-12-5-4-10-23(27)14-16-28(31)32)15-13-22-9-6-11-24(19-22)26(30)20-21-7-2-1-3-8-21/h1-12,19,25-26,29-30H,13-18,20H2,(H,31,32)/t25-,26?/m0/s1. The first-order valence-electron chi connectivity index (χ1n) is 11.4. The lowest BCUT2D eigenvalue weighted by molar-refractivity contribution is -0.136. The molecule has 0 heterocycles. The van der Waals surface area contributed by atoms with E-state index in [-0.39, 0.29) is 6.42 Å². The first-order chi connectivity index (χ1) is 16.0. The number of carboxylic acid groups (broad SMARTS) is 1. The molecule has 5 heteroatoms. The second kappa shape index (κ2) is 12.8. The van der Waals surface area contributed by atoms with Crippen molar-refractivity contribution >= 4 is 5.97 Å². The van der Waals surface area contributed by atoms with Crippen LogP contribution in [0.2, 0.25) is 0 Å². The Hall–Kier alpha value is -3.15. The average molecular weight is 449 g/mol. The molecular weight excluding hydrogens is 416 g/mol. The number of carboxylic acids is 1. The summed E-state index contributed by atoms with van der Waals surface area (Å²) in [5.41, 5.74) is 3.92. The molecule has 0 radical (unpaired) electrons. The summed E-state index contributed by atoms with van der Waals surface area (Å²) in [5.74, 6) is -0.164. The maximum Gasteiger partial charge on any atom is 0.303 e. The number of carbonyl (C=O) groups is 1. The molecule has 3 aromatic rings. The van der Waals surface area contributed by atoms with Crippen molar-refractivity contribution in [2.45, 2.75) is 50.7 Å². The van der Waals surface area contributed by atoms with E-state index in [1.165, 1.54) is 0 Å². The van der Waals surface area contributed by atoms with Crippen LogP contribution < -0.4 is 4.74 Å². The summed E-state index contributed by atoms with van der Waals surface area (Å²) in [6.45, 7) is 0.362. The number of aliphatic carboxylic acids is 1. The van der Waals surface area contributed by atoms with Crippen molar-refractivity contribution in [2.24, 2.45) is 0 Å². The zero-order valence-corrected chi connectivity index (χ0v) is 18.8. The highest BCUT2D eigenvalue weighted by Crippen LogP contribution is 2.22. The molecule has 1 unspecified atom stereocenters. The van der Waals surface area contributed by atoms with Crippen LogP contribution in [0, 0.1) is 0 Å². The third-order valence-corrected chi connectivity index (χ3v) is 5.66. The number of hydrogen-bond donors (Lipinski definition) is 3. The Bertz CT molecular complexity index is 1000. The van der Waals surface area contributed by atoms with Crippen LogP contribution in [0.25, 0.3) is 0 Å². The molecule has 0 fully saturated rings. The number of hydrogen-bond acceptors (Lipinski definition) is 4. The number of aliphatic hydroxyl groups is 2. The normalized spacial score (nSPS) is 12.8. The van der Waals surface area contributed by atoms with Crippen molar-refractivity contribution in [3.05, 3.63) is 101 Å². The molecule has 0 aromatic heterocycles. The Morgan fingerprint density at radius 1 is 0.818 bits per heavy atom. The molecule has 0 aliphatic heterocycles. The highest BCUT2D eigenvalue weighted by Gasteiger charge is 2.11. The molecule has 33 heavy (non-hydrogen) atoms. The van der Waals surface area contributed by atoms with Crippen LogP contribution in [-0.2, 0) is 24.1 Å². The van der Waals surface area contributed by atoms with E-state index in [4.69, 9.17) is 9.84 Å². The fourth-order valence-electron chi connectivity index (χ4n) is 3.79. The molecule has 3 N–H and O–H groups in total. The molecule has 3 rings (SSSR count). The van der Waals surface area contributed by atoms with E-state index >= 15 is 0 Å². The quantitative estimate of drug-likeness (QED) is 0.352. The molecule has 0 saturated heterocycles. The van der Waals surface area contributed by atoms with Crippen LogP contribution in [0.15, 0.2) is 78.9 Å². The molecule has 0 amide bonds. The fourth-order valence-corrected chi connectivity index (χ4v) is 3.79. The van der Waals surface area contributed by atoms with Gasteiger partial charge in [0.05, 0.1) is 18.8 Å². The van der Waals surface area contributed by atoms with E-state index in [9.17, 15) is 15.0 Å². The molecule has 5 nitrogen and oxygen atoms in total. The Kier molecular flexibility index (Phi) is 9.48. The minimum atomic E-state index is -0.836. The van der Waals surface area contributed by atoms with E-state index in [0.29, 0.717) is 44.5 Å². The third-order valence-electron chi connectivity index (χ3n) is 5.66. The van der Waals surface area contributed by atoms with Gasteiger partial charge in [0, 0.05) is 19.3 Å². The first kappa shape index (κ1) is 24.5. The van der Waals surface area contributed by atoms with E-state index in [2.05, 4.69) is 0 Å². The third kappa shape index (κ3) is 8.37. The lowest BCUT2D eigenvalue weighted by Gasteiger charge is -2.15. The lowest BCUT2D eigenvalue weighted by atomic mass is 9.97. The molecule has 0 spiro atoms. The molecule has 3 aromatic carbocycles. The first-order valence-corrected chi connectivity index (χ1v) is 11.4. The Balaban J connectivity index is 1.44. The zero-order chi connectivity index (χ0) is 23.5. The van der Waals surface area contributed by atoms with E-state index in [1.807, 2.05) is 78.9 Å². The average Bonchev–Trinajstić information content (AvgIpc) is 2.83. The molecular formula is C28H32O5. The second-order valence-electron chi connectivity index (χ2n) is 8.28. The highest BCUT2D eigenvalue weighted by molar-refractivity contribution is 5.67. The zero-order valence-electron chi connectivity index (χ0n) is 18.8. The van der Waals surface area contributed by atoms with Gasteiger partial charge in [-0.15, -0.1) is 0 Å². The van der Waals surface area contributed by atoms with Crippen molar-refractivity contribution in [2.75, 3.05) is 6.61 Å². The van der Waals surface area contributed by atoms with Gasteiger partial charge in [0.2, 0.25) is 0 Å². The van der Waals surface area contributed by atoms with Gasteiger partial charge in [-0.2, -0.15) is 0 Å². The minimum Gasteiger partial charge on any atom is -0.493 e. The Morgan fingerprint density at radius 2 is 1.55 bits per heavy atom. The SMILES string of the molecule is O=C(O)CCc1ccccc1OCC[C@@H](O)CCc1cccc(C(O)Cc2ccccc2)c1. The van der Waals surface area contributed by atoms with Gasteiger partial charge in [-0.1, -0.05) is 72.8 Å². The maximum atomic E-state index is 10.8. The summed E-state index contributed by atoms with van der Waals surface area (Å²) in [7, 11) is 0. The van der Waals surface area contributed by atoms with Crippen molar-refractivity contribution in [1.29, 1.82) is 0 Å². The van der Waals surface area contributed by atoms with Crippen LogP contribution in [-0.4, -0.2) is 34.0 Å². The summed E-state index contributed by atoms with van der Waals surface area (Å²) < 4.78 is 5.81. The number of ether oxygens (including phenoxy) is 1. The van der Waals surface area contributed by atoms with Crippen LogP contribution >= 0.6 is 0 Å². The van der Waals surface area contributed by atoms with Gasteiger partial charge < -0.3 is 20.1 Å². The summed E-state index contributed by atoms with van der Waals surface area (Å²) in [6.07, 6.45) is 1.77. The van der Waals surface area contributed by atoms with Crippen molar-refractivity contribution in [3.63, 3.8) is 0 Å². The van der Waals surface area contributed by atoms with Crippen LogP contribution in [0.3, 0.4) is 0 Å².